The molecule has 1 aromatic heterocycles. The number of hydrogen-bond acceptors (Lipinski definition) is 4. The van der Waals surface area contributed by atoms with Crippen molar-refractivity contribution in [2.24, 2.45) is 5.73 Å². The van der Waals surface area contributed by atoms with Crippen LogP contribution in [0.1, 0.15) is 29.5 Å². The van der Waals surface area contributed by atoms with E-state index < -0.39 is 0 Å². The number of hydrogen-bond donors (Lipinski definition) is 1. The molecule has 2 atom stereocenters. The summed E-state index contributed by atoms with van der Waals surface area (Å²) >= 11 is 1.74. The summed E-state index contributed by atoms with van der Waals surface area (Å²) in [6.07, 6.45) is 2.46. The van der Waals surface area contributed by atoms with Crippen molar-refractivity contribution in [2.75, 3.05) is 6.54 Å². The van der Waals surface area contributed by atoms with E-state index in [0.717, 1.165) is 23.4 Å². The van der Waals surface area contributed by atoms with Gasteiger partial charge in [-0.2, -0.15) is 0 Å². The fourth-order valence-corrected chi connectivity index (χ4v) is 3.27. The molecule has 1 fully saturated rings. The van der Waals surface area contributed by atoms with E-state index in [1.165, 1.54) is 10.3 Å². The van der Waals surface area contributed by atoms with Gasteiger partial charge in [-0.15, -0.1) is 11.3 Å². The summed E-state index contributed by atoms with van der Waals surface area (Å²) in [5.74, 6) is 0. The molecule has 1 aromatic carbocycles. The molecule has 90 valence electrons. The highest BCUT2D eigenvalue weighted by molar-refractivity contribution is 7.18. The Morgan fingerprint density at radius 2 is 2.35 bits per heavy atom. The van der Waals surface area contributed by atoms with Crippen molar-refractivity contribution >= 4 is 21.6 Å². The van der Waals surface area contributed by atoms with Crippen LogP contribution in [-0.2, 0) is 4.74 Å². The molecule has 2 heterocycles. The Bertz CT molecular complexity index is 537. The van der Waals surface area contributed by atoms with Gasteiger partial charge in [0, 0.05) is 6.54 Å². The number of benzene rings is 1. The van der Waals surface area contributed by atoms with E-state index in [0.29, 0.717) is 6.54 Å². The Hall–Kier alpha value is -0.970. The van der Waals surface area contributed by atoms with Crippen LogP contribution >= 0.6 is 11.3 Å². The van der Waals surface area contributed by atoms with Crippen LogP contribution in [0, 0.1) is 6.92 Å². The van der Waals surface area contributed by atoms with Crippen molar-refractivity contribution in [2.45, 2.75) is 32.0 Å². The van der Waals surface area contributed by atoms with E-state index in [-0.39, 0.29) is 12.2 Å². The van der Waals surface area contributed by atoms with Gasteiger partial charge < -0.3 is 10.5 Å². The molecule has 2 unspecified atom stereocenters. The van der Waals surface area contributed by atoms with Gasteiger partial charge >= 0.3 is 0 Å². The molecule has 17 heavy (non-hydrogen) atoms. The first-order valence-electron chi connectivity index (χ1n) is 5.99. The fourth-order valence-electron chi connectivity index (χ4n) is 2.25. The first-order chi connectivity index (χ1) is 8.26. The summed E-state index contributed by atoms with van der Waals surface area (Å²) in [7, 11) is 0. The third kappa shape index (κ3) is 2.08. The van der Waals surface area contributed by atoms with Crippen LogP contribution in [0.4, 0.5) is 0 Å². The number of aromatic nitrogens is 1. The van der Waals surface area contributed by atoms with Crippen LogP contribution in [0.25, 0.3) is 10.2 Å². The second-order valence-corrected chi connectivity index (χ2v) is 5.65. The van der Waals surface area contributed by atoms with Crippen LogP contribution in [0.2, 0.25) is 0 Å². The number of nitrogens with two attached hydrogens (primary N) is 1. The van der Waals surface area contributed by atoms with Gasteiger partial charge in [0.2, 0.25) is 0 Å². The van der Waals surface area contributed by atoms with Crippen molar-refractivity contribution in [3.63, 3.8) is 0 Å². The molecule has 0 amide bonds. The average Bonchev–Trinajstić information content (AvgIpc) is 2.93. The van der Waals surface area contributed by atoms with Crippen LogP contribution in [0.3, 0.4) is 0 Å². The van der Waals surface area contributed by atoms with E-state index in [9.17, 15) is 0 Å². The second kappa shape index (κ2) is 4.37. The number of rotatable bonds is 2. The van der Waals surface area contributed by atoms with Gasteiger partial charge in [-0.1, -0.05) is 6.07 Å². The smallest absolute Gasteiger partial charge is 0.123 e. The predicted octanol–water partition coefficient (Wildman–Crippen LogP) is 2.78. The van der Waals surface area contributed by atoms with E-state index in [1.54, 1.807) is 11.3 Å². The summed E-state index contributed by atoms with van der Waals surface area (Å²) in [4.78, 5) is 4.68. The lowest BCUT2D eigenvalue weighted by Gasteiger charge is -2.08. The Kier molecular flexibility index (Phi) is 2.86. The zero-order chi connectivity index (χ0) is 11.8. The Morgan fingerprint density at radius 3 is 3.12 bits per heavy atom. The molecule has 0 bridgehead atoms. The molecule has 0 saturated carbocycles. The van der Waals surface area contributed by atoms with Gasteiger partial charge in [0.15, 0.2) is 0 Å². The van der Waals surface area contributed by atoms with Gasteiger partial charge in [-0.05, 0) is 37.5 Å². The van der Waals surface area contributed by atoms with Crippen LogP contribution in [-0.4, -0.2) is 17.6 Å². The zero-order valence-electron chi connectivity index (χ0n) is 9.85. The molecular formula is C13H16N2OS. The normalized spacial score (nSPS) is 24.6. The fraction of sp³-hybridized carbons (Fsp3) is 0.462. The standard InChI is InChI=1S/C13H16N2OS/c1-8-2-5-12-10(6-8)15-13(17-12)11-4-3-9(7-14)16-11/h2,5-6,9,11H,3-4,7,14H2,1H3. The number of thiazole rings is 1. The van der Waals surface area contributed by atoms with E-state index in [1.807, 2.05) is 0 Å². The first kappa shape index (κ1) is 11.1. The lowest BCUT2D eigenvalue weighted by Crippen LogP contribution is -2.18. The average molecular weight is 248 g/mol. The summed E-state index contributed by atoms with van der Waals surface area (Å²) in [5.41, 5.74) is 7.97. The molecule has 2 N–H and O–H groups in total. The quantitative estimate of drug-likeness (QED) is 0.889. The maximum Gasteiger partial charge on any atom is 0.123 e. The van der Waals surface area contributed by atoms with Crippen LogP contribution < -0.4 is 5.73 Å². The SMILES string of the molecule is Cc1ccc2sc(C3CCC(CN)O3)nc2c1. The van der Waals surface area contributed by atoms with Gasteiger partial charge in [-0.3, -0.25) is 0 Å². The molecule has 1 aliphatic rings. The van der Waals surface area contributed by atoms with Gasteiger partial charge in [0.25, 0.3) is 0 Å². The topological polar surface area (TPSA) is 48.1 Å². The van der Waals surface area contributed by atoms with E-state index >= 15 is 0 Å². The number of fused-ring (bicyclic) bond motifs is 1. The molecule has 0 radical (unpaired) electrons. The minimum absolute atomic E-state index is 0.154. The van der Waals surface area contributed by atoms with Gasteiger partial charge in [0.1, 0.15) is 11.1 Å². The van der Waals surface area contributed by atoms with Crippen LogP contribution in [0.15, 0.2) is 18.2 Å². The van der Waals surface area contributed by atoms with Crippen molar-refractivity contribution in [3.8, 4) is 0 Å². The zero-order valence-corrected chi connectivity index (χ0v) is 10.7. The van der Waals surface area contributed by atoms with Crippen molar-refractivity contribution in [1.82, 2.24) is 4.98 Å². The Morgan fingerprint density at radius 1 is 1.47 bits per heavy atom. The molecule has 4 heteroatoms. The minimum Gasteiger partial charge on any atom is -0.366 e. The molecule has 0 spiro atoms. The van der Waals surface area contributed by atoms with Crippen molar-refractivity contribution < 1.29 is 4.74 Å². The van der Waals surface area contributed by atoms with E-state index in [4.69, 9.17) is 10.5 Å². The van der Waals surface area contributed by atoms with Crippen LogP contribution in [0.5, 0.6) is 0 Å². The maximum atomic E-state index is 5.88. The minimum atomic E-state index is 0.154. The molecular weight excluding hydrogens is 232 g/mol. The highest BCUT2D eigenvalue weighted by atomic mass is 32.1. The number of aryl methyl sites for hydroxylation is 1. The summed E-state index contributed by atoms with van der Waals surface area (Å²) in [6, 6.07) is 6.40. The highest BCUT2D eigenvalue weighted by Crippen LogP contribution is 2.36. The van der Waals surface area contributed by atoms with Gasteiger partial charge in [-0.25, -0.2) is 4.98 Å². The molecule has 1 saturated heterocycles. The second-order valence-electron chi connectivity index (χ2n) is 4.58. The van der Waals surface area contributed by atoms with Crippen molar-refractivity contribution in [3.05, 3.63) is 28.8 Å². The Labute approximate surface area is 105 Å². The Balaban J connectivity index is 1.91. The van der Waals surface area contributed by atoms with E-state index in [2.05, 4.69) is 30.1 Å². The summed E-state index contributed by atoms with van der Waals surface area (Å²) in [5, 5.41) is 1.10. The third-order valence-corrected chi connectivity index (χ3v) is 4.33. The molecule has 0 aliphatic carbocycles. The lowest BCUT2D eigenvalue weighted by atomic mass is 10.2. The number of ether oxygens (including phenoxy) is 1. The third-order valence-electron chi connectivity index (χ3n) is 3.21. The number of nitrogens with zero attached hydrogens (tertiary/aromatic N) is 1. The van der Waals surface area contributed by atoms with Gasteiger partial charge in [0.05, 0.1) is 16.3 Å². The molecule has 3 nitrogen and oxygen atoms in total. The maximum absolute atomic E-state index is 5.88. The summed E-state index contributed by atoms with van der Waals surface area (Å²) in [6.45, 7) is 2.70. The predicted molar refractivity (Wildman–Crippen MR) is 70.3 cm³/mol. The first-order valence-corrected chi connectivity index (χ1v) is 6.80. The lowest BCUT2D eigenvalue weighted by molar-refractivity contribution is 0.0498. The monoisotopic (exact) mass is 248 g/mol. The molecule has 2 aromatic rings. The highest BCUT2D eigenvalue weighted by Gasteiger charge is 2.27. The largest absolute Gasteiger partial charge is 0.366 e. The summed E-state index contributed by atoms with van der Waals surface area (Å²) < 4.78 is 7.12. The molecule has 1 aliphatic heterocycles. The van der Waals surface area contributed by atoms with Crippen molar-refractivity contribution in [1.29, 1.82) is 0 Å². The molecule has 3 rings (SSSR count).